The molecule has 114 valence electrons. The standard InChI is InChI=1S/C14H24N2O4/c1-2-14(3-5-15-6-4-14)13(19)16-7-8-20-11(10-16)9-12(17)18/h11,15H,2-10H2,1H3,(H,17,18). The molecule has 2 N–H and O–H groups in total. The number of carboxylic acids is 1. The molecule has 20 heavy (non-hydrogen) atoms. The van der Waals surface area contributed by atoms with Crippen molar-refractivity contribution in [2.75, 3.05) is 32.8 Å². The molecule has 2 saturated heterocycles. The Morgan fingerprint density at radius 3 is 2.70 bits per heavy atom. The summed E-state index contributed by atoms with van der Waals surface area (Å²) >= 11 is 0. The second-order valence-electron chi connectivity index (χ2n) is 5.73. The van der Waals surface area contributed by atoms with Crippen LogP contribution < -0.4 is 5.32 Å². The number of morpholine rings is 1. The highest BCUT2D eigenvalue weighted by molar-refractivity contribution is 5.83. The van der Waals surface area contributed by atoms with E-state index in [1.54, 1.807) is 0 Å². The normalized spacial score (nSPS) is 26.2. The number of hydrogen-bond donors (Lipinski definition) is 2. The predicted molar refractivity (Wildman–Crippen MR) is 73.4 cm³/mol. The van der Waals surface area contributed by atoms with E-state index in [0.717, 1.165) is 32.4 Å². The van der Waals surface area contributed by atoms with Gasteiger partial charge in [-0.3, -0.25) is 9.59 Å². The maximum Gasteiger partial charge on any atom is 0.306 e. The Kier molecular flexibility index (Phi) is 4.99. The maximum atomic E-state index is 12.8. The monoisotopic (exact) mass is 284 g/mol. The smallest absolute Gasteiger partial charge is 0.306 e. The van der Waals surface area contributed by atoms with Crippen LogP contribution in [0.15, 0.2) is 0 Å². The third-order valence-electron chi connectivity index (χ3n) is 4.52. The van der Waals surface area contributed by atoms with Crippen LogP contribution in [0.2, 0.25) is 0 Å². The fourth-order valence-corrected chi connectivity index (χ4v) is 3.18. The largest absolute Gasteiger partial charge is 0.481 e. The number of nitrogens with one attached hydrogen (secondary N) is 1. The third kappa shape index (κ3) is 3.30. The van der Waals surface area contributed by atoms with Crippen molar-refractivity contribution in [3.8, 4) is 0 Å². The second-order valence-corrected chi connectivity index (χ2v) is 5.73. The van der Waals surface area contributed by atoms with Crippen LogP contribution in [0.1, 0.15) is 32.6 Å². The van der Waals surface area contributed by atoms with Crippen LogP contribution in [0.5, 0.6) is 0 Å². The lowest BCUT2D eigenvalue weighted by Crippen LogP contribution is -2.54. The summed E-state index contributed by atoms with van der Waals surface area (Å²) in [6, 6.07) is 0. The molecule has 0 saturated carbocycles. The summed E-state index contributed by atoms with van der Waals surface area (Å²) in [7, 11) is 0. The van der Waals surface area contributed by atoms with Crippen molar-refractivity contribution in [3.63, 3.8) is 0 Å². The first kappa shape index (κ1) is 15.3. The van der Waals surface area contributed by atoms with E-state index in [0.29, 0.717) is 19.7 Å². The highest BCUT2D eigenvalue weighted by atomic mass is 16.5. The lowest BCUT2D eigenvalue weighted by atomic mass is 9.75. The van der Waals surface area contributed by atoms with Gasteiger partial charge >= 0.3 is 5.97 Å². The van der Waals surface area contributed by atoms with E-state index in [9.17, 15) is 9.59 Å². The fraction of sp³-hybridized carbons (Fsp3) is 0.857. The van der Waals surface area contributed by atoms with Crippen LogP contribution in [-0.2, 0) is 14.3 Å². The number of amides is 1. The van der Waals surface area contributed by atoms with Gasteiger partial charge in [0.2, 0.25) is 5.91 Å². The Labute approximate surface area is 119 Å². The molecular formula is C14H24N2O4. The SMILES string of the molecule is CCC1(C(=O)N2CCOC(CC(=O)O)C2)CCNCC1. The molecule has 0 bridgehead atoms. The number of piperidine rings is 1. The minimum Gasteiger partial charge on any atom is -0.481 e. The van der Waals surface area contributed by atoms with E-state index in [1.807, 2.05) is 4.90 Å². The van der Waals surface area contributed by atoms with Crippen LogP contribution in [0, 0.1) is 5.41 Å². The number of carbonyl (C=O) groups is 2. The fourth-order valence-electron chi connectivity index (χ4n) is 3.18. The van der Waals surface area contributed by atoms with Crippen LogP contribution in [0.3, 0.4) is 0 Å². The molecule has 2 aliphatic rings. The van der Waals surface area contributed by atoms with Gasteiger partial charge in [0, 0.05) is 13.1 Å². The molecule has 2 rings (SSSR count). The van der Waals surface area contributed by atoms with Gasteiger partial charge in [-0.1, -0.05) is 6.92 Å². The molecule has 6 nitrogen and oxygen atoms in total. The number of hydrogen-bond acceptors (Lipinski definition) is 4. The highest BCUT2D eigenvalue weighted by Crippen LogP contribution is 2.35. The summed E-state index contributed by atoms with van der Waals surface area (Å²) in [5.74, 6) is -0.698. The number of carboxylic acid groups (broad SMARTS) is 1. The summed E-state index contributed by atoms with van der Waals surface area (Å²) in [4.78, 5) is 25.4. The van der Waals surface area contributed by atoms with Crippen molar-refractivity contribution >= 4 is 11.9 Å². The van der Waals surface area contributed by atoms with Crippen molar-refractivity contribution in [1.29, 1.82) is 0 Å². The van der Waals surface area contributed by atoms with Crippen molar-refractivity contribution in [2.24, 2.45) is 5.41 Å². The molecule has 2 heterocycles. The van der Waals surface area contributed by atoms with Gasteiger partial charge in [-0.25, -0.2) is 0 Å². The Bertz CT molecular complexity index is 366. The number of aliphatic carboxylic acids is 1. The Morgan fingerprint density at radius 1 is 1.40 bits per heavy atom. The minimum atomic E-state index is -0.878. The molecular weight excluding hydrogens is 260 g/mol. The molecule has 1 atom stereocenters. The van der Waals surface area contributed by atoms with Crippen molar-refractivity contribution in [2.45, 2.75) is 38.7 Å². The quantitative estimate of drug-likeness (QED) is 0.784. The molecule has 1 unspecified atom stereocenters. The van der Waals surface area contributed by atoms with E-state index in [2.05, 4.69) is 12.2 Å². The molecule has 0 radical (unpaired) electrons. The van der Waals surface area contributed by atoms with Crippen molar-refractivity contribution in [1.82, 2.24) is 10.2 Å². The van der Waals surface area contributed by atoms with Gasteiger partial charge in [0.25, 0.3) is 0 Å². The second kappa shape index (κ2) is 6.54. The average Bonchev–Trinajstić information content (AvgIpc) is 2.47. The molecule has 0 aliphatic carbocycles. The van der Waals surface area contributed by atoms with Gasteiger partial charge < -0.3 is 20.1 Å². The summed E-state index contributed by atoms with van der Waals surface area (Å²) in [6.07, 6.45) is 2.16. The molecule has 0 spiro atoms. The zero-order chi connectivity index (χ0) is 14.6. The van der Waals surface area contributed by atoms with Crippen LogP contribution >= 0.6 is 0 Å². The first-order valence-electron chi connectivity index (χ1n) is 7.41. The van der Waals surface area contributed by atoms with E-state index < -0.39 is 5.97 Å². The lowest BCUT2D eigenvalue weighted by Gasteiger charge is -2.42. The van der Waals surface area contributed by atoms with E-state index >= 15 is 0 Å². The predicted octanol–water partition coefficient (Wildman–Crippen LogP) is 0.468. The van der Waals surface area contributed by atoms with Crippen LogP contribution in [0.4, 0.5) is 0 Å². The average molecular weight is 284 g/mol. The van der Waals surface area contributed by atoms with Gasteiger partial charge in [-0.05, 0) is 32.4 Å². The number of nitrogens with zero attached hydrogens (tertiary/aromatic N) is 1. The molecule has 0 aromatic rings. The first-order chi connectivity index (χ1) is 9.57. The highest BCUT2D eigenvalue weighted by Gasteiger charge is 2.41. The molecule has 6 heteroatoms. The Morgan fingerprint density at radius 2 is 2.10 bits per heavy atom. The Balaban J connectivity index is 2.01. The number of rotatable bonds is 4. The first-order valence-corrected chi connectivity index (χ1v) is 7.41. The summed E-state index contributed by atoms with van der Waals surface area (Å²) in [5, 5.41) is 12.1. The molecule has 0 aromatic carbocycles. The van der Waals surface area contributed by atoms with Gasteiger partial charge in [-0.2, -0.15) is 0 Å². The molecule has 0 aromatic heterocycles. The third-order valence-corrected chi connectivity index (χ3v) is 4.52. The minimum absolute atomic E-state index is 0.0372. The van der Waals surface area contributed by atoms with E-state index in [-0.39, 0.29) is 23.8 Å². The van der Waals surface area contributed by atoms with Gasteiger partial charge in [0.1, 0.15) is 0 Å². The van der Waals surface area contributed by atoms with Gasteiger partial charge in [0.05, 0.1) is 24.5 Å². The molecule has 1 amide bonds. The zero-order valence-corrected chi connectivity index (χ0v) is 12.1. The maximum absolute atomic E-state index is 12.8. The summed E-state index contributed by atoms with van der Waals surface area (Å²) < 4.78 is 5.44. The number of carbonyl (C=O) groups excluding carboxylic acids is 1. The van der Waals surface area contributed by atoms with Crippen molar-refractivity contribution in [3.05, 3.63) is 0 Å². The van der Waals surface area contributed by atoms with E-state index in [1.165, 1.54) is 0 Å². The van der Waals surface area contributed by atoms with Crippen LogP contribution in [-0.4, -0.2) is 60.8 Å². The summed E-state index contributed by atoms with van der Waals surface area (Å²) in [5.41, 5.74) is -0.267. The van der Waals surface area contributed by atoms with Gasteiger partial charge in [-0.15, -0.1) is 0 Å². The Hall–Kier alpha value is -1.14. The van der Waals surface area contributed by atoms with E-state index in [4.69, 9.17) is 9.84 Å². The lowest BCUT2D eigenvalue weighted by molar-refractivity contribution is -0.155. The number of ether oxygens (including phenoxy) is 1. The van der Waals surface area contributed by atoms with Gasteiger partial charge in [0.15, 0.2) is 0 Å². The van der Waals surface area contributed by atoms with Crippen molar-refractivity contribution < 1.29 is 19.4 Å². The van der Waals surface area contributed by atoms with Crippen LogP contribution in [0.25, 0.3) is 0 Å². The zero-order valence-electron chi connectivity index (χ0n) is 12.1. The summed E-state index contributed by atoms with van der Waals surface area (Å²) in [6.45, 7) is 5.23. The molecule has 2 fully saturated rings. The molecule has 2 aliphatic heterocycles. The topological polar surface area (TPSA) is 78.9 Å².